The van der Waals surface area contributed by atoms with Crippen LogP contribution in [0.3, 0.4) is 0 Å². The third kappa shape index (κ3) is 2.78. The van der Waals surface area contributed by atoms with Crippen LogP contribution in [0.5, 0.6) is 0 Å². The van der Waals surface area contributed by atoms with Crippen molar-refractivity contribution in [2.45, 2.75) is 45.6 Å². The number of aryl methyl sites for hydroxylation is 1. The molecule has 2 nitrogen and oxygen atoms in total. The van der Waals surface area contributed by atoms with Gasteiger partial charge in [-0.1, -0.05) is 13.8 Å². The molecule has 0 radical (unpaired) electrons. The summed E-state index contributed by atoms with van der Waals surface area (Å²) < 4.78 is 0. The summed E-state index contributed by atoms with van der Waals surface area (Å²) in [7, 11) is 0. The summed E-state index contributed by atoms with van der Waals surface area (Å²) in [6.45, 7) is 6.02. The van der Waals surface area contributed by atoms with Crippen LogP contribution in [-0.4, -0.2) is 15.7 Å². The predicted octanol–water partition coefficient (Wildman–Crippen LogP) is 2.55. The topological polar surface area (TPSA) is 33.1 Å². The minimum Gasteiger partial charge on any atom is -0.390 e. The lowest BCUT2D eigenvalue weighted by molar-refractivity contribution is 0.0318. The van der Waals surface area contributed by atoms with Crippen LogP contribution in [0.25, 0.3) is 0 Å². The van der Waals surface area contributed by atoms with Crippen LogP contribution in [0.2, 0.25) is 0 Å². The van der Waals surface area contributed by atoms with E-state index in [4.69, 9.17) is 0 Å². The van der Waals surface area contributed by atoms with E-state index in [9.17, 15) is 5.11 Å². The summed E-state index contributed by atoms with van der Waals surface area (Å²) in [5.41, 5.74) is 0.467. The van der Waals surface area contributed by atoms with Crippen LogP contribution < -0.4 is 0 Å². The van der Waals surface area contributed by atoms with Crippen LogP contribution in [0, 0.1) is 6.92 Å². The second kappa shape index (κ2) is 4.20. The number of hydrogen-bond donors (Lipinski definition) is 1. The minimum atomic E-state index is -0.555. The van der Waals surface area contributed by atoms with E-state index in [1.54, 1.807) is 11.3 Å². The lowest BCUT2D eigenvalue weighted by atomic mass is 9.92. The van der Waals surface area contributed by atoms with E-state index in [1.807, 2.05) is 26.2 Å². The predicted molar refractivity (Wildman–Crippen MR) is 56.1 cm³/mol. The Labute approximate surface area is 83.6 Å². The largest absolute Gasteiger partial charge is 0.390 e. The van der Waals surface area contributed by atoms with Gasteiger partial charge < -0.3 is 5.11 Å². The number of aromatic nitrogens is 1. The maximum atomic E-state index is 10.1. The first-order valence-electron chi connectivity index (χ1n) is 4.73. The summed E-state index contributed by atoms with van der Waals surface area (Å²) >= 11 is 1.64. The fraction of sp³-hybridized carbons (Fsp3) is 0.700. The molecule has 1 aromatic heterocycles. The molecule has 1 heterocycles. The van der Waals surface area contributed by atoms with Crippen LogP contribution in [0.1, 0.15) is 37.4 Å². The fourth-order valence-electron chi connectivity index (χ4n) is 1.33. The van der Waals surface area contributed by atoms with Gasteiger partial charge in [0.15, 0.2) is 0 Å². The van der Waals surface area contributed by atoms with Gasteiger partial charge in [0, 0.05) is 11.8 Å². The van der Waals surface area contributed by atoms with Gasteiger partial charge in [-0.2, -0.15) is 0 Å². The van der Waals surface area contributed by atoms with Gasteiger partial charge >= 0.3 is 0 Å². The minimum absolute atomic E-state index is 0.555. The molecule has 0 amide bonds. The fourth-order valence-corrected chi connectivity index (χ4v) is 1.94. The zero-order chi connectivity index (χ0) is 9.90. The highest BCUT2D eigenvalue weighted by Gasteiger charge is 2.23. The first kappa shape index (κ1) is 10.7. The number of nitrogens with zero attached hydrogens (tertiary/aromatic N) is 1. The molecule has 0 aliphatic heterocycles. The second-order valence-electron chi connectivity index (χ2n) is 3.47. The van der Waals surface area contributed by atoms with E-state index in [2.05, 4.69) is 4.98 Å². The normalized spacial score (nSPS) is 12.0. The SMILES string of the molecule is CCC(O)(CC)Cc1csc(C)n1. The van der Waals surface area contributed by atoms with Gasteiger partial charge in [0.05, 0.1) is 16.3 Å². The van der Waals surface area contributed by atoms with Crippen molar-refractivity contribution < 1.29 is 5.11 Å². The third-order valence-electron chi connectivity index (χ3n) is 2.49. The lowest BCUT2D eigenvalue weighted by Gasteiger charge is -2.23. The summed E-state index contributed by atoms with van der Waals surface area (Å²) in [6, 6.07) is 0. The Kier molecular flexibility index (Phi) is 3.45. The Bertz CT molecular complexity index is 266. The number of rotatable bonds is 4. The molecule has 13 heavy (non-hydrogen) atoms. The highest BCUT2D eigenvalue weighted by Crippen LogP contribution is 2.21. The van der Waals surface area contributed by atoms with E-state index >= 15 is 0 Å². The van der Waals surface area contributed by atoms with Crippen molar-refractivity contribution in [1.82, 2.24) is 4.98 Å². The van der Waals surface area contributed by atoms with Crippen LogP contribution in [0.15, 0.2) is 5.38 Å². The molecule has 0 spiro atoms. The Morgan fingerprint density at radius 1 is 1.46 bits per heavy atom. The van der Waals surface area contributed by atoms with E-state index in [0.29, 0.717) is 6.42 Å². The maximum absolute atomic E-state index is 10.1. The van der Waals surface area contributed by atoms with Gasteiger partial charge in [-0.25, -0.2) is 4.98 Å². The molecule has 3 heteroatoms. The Morgan fingerprint density at radius 3 is 2.46 bits per heavy atom. The zero-order valence-electron chi connectivity index (χ0n) is 8.50. The molecule has 0 fully saturated rings. The highest BCUT2D eigenvalue weighted by molar-refractivity contribution is 7.09. The molecule has 0 aliphatic rings. The summed E-state index contributed by atoms with van der Waals surface area (Å²) in [4.78, 5) is 4.35. The molecule has 0 aliphatic carbocycles. The monoisotopic (exact) mass is 199 g/mol. The van der Waals surface area contributed by atoms with Crippen molar-refractivity contribution in [3.05, 3.63) is 16.1 Å². The summed E-state index contributed by atoms with van der Waals surface area (Å²) in [5, 5.41) is 13.2. The molecule has 0 saturated heterocycles. The second-order valence-corrected chi connectivity index (χ2v) is 4.53. The maximum Gasteiger partial charge on any atom is 0.0897 e. The smallest absolute Gasteiger partial charge is 0.0897 e. The quantitative estimate of drug-likeness (QED) is 0.808. The molecule has 1 N–H and O–H groups in total. The molecule has 1 aromatic rings. The summed E-state index contributed by atoms with van der Waals surface area (Å²) in [6.07, 6.45) is 2.27. The standard InChI is InChI=1S/C10H17NOS/c1-4-10(12,5-2)6-9-7-13-8(3)11-9/h7,12H,4-6H2,1-3H3. The van der Waals surface area contributed by atoms with Gasteiger partial charge in [-0.05, 0) is 19.8 Å². The van der Waals surface area contributed by atoms with Gasteiger partial charge in [0.1, 0.15) is 0 Å². The molecule has 0 saturated carbocycles. The highest BCUT2D eigenvalue weighted by atomic mass is 32.1. The first-order chi connectivity index (χ1) is 6.09. The van der Waals surface area contributed by atoms with Crippen LogP contribution >= 0.6 is 11.3 Å². The van der Waals surface area contributed by atoms with E-state index in [1.165, 1.54) is 0 Å². The zero-order valence-corrected chi connectivity index (χ0v) is 9.32. The van der Waals surface area contributed by atoms with E-state index in [-0.39, 0.29) is 0 Å². The molecule has 0 unspecified atom stereocenters. The van der Waals surface area contributed by atoms with Crippen molar-refractivity contribution in [1.29, 1.82) is 0 Å². The molecular weight excluding hydrogens is 182 g/mol. The molecule has 0 aromatic carbocycles. The van der Waals surface area contributed by atoms with Gasteiger partial charge in [0.25, 0.3) is 0 Å². The van der Waals surface area contributed by atoms with Crippen molar-refractivity contribution in [3.8, 4) is 0 Å². The van der Waals surface area contributed by atoms with Crippen molar-refractivity contribution in [2.24, 2.45) is 0 Å². The van der Waals surface area contributed by atoms with E-state index < -0.39 is 5.60 Å². The molecule has 74 valence electrons. The Morgan fingerprint density at radius 2 is 2.08 bits per heavy atom. The Hall–Kier alpha value is -0.410. The molecule has 0 bridgehead atoms. The van der Waals surface area contributed by atoms with Gasteiger partial charge in [-0.15, -0.1) is 11.3 Å². The molecule has 0 atom stereocenters. The van der Waals surface area contributed by atoms with Crippen molar-refractivity contribution in [3.63, 3.8) is 0 Å². The van der Waals surface area contributed by atoms with Crippen LogP contribution in [0.4, 0.5) is 0 Å². The Balaban J connectivity index is 2.67. The number of thiazole rings is 1. The number of aliphatic hydroxyl groups is 1. The first-order valence-corrected chi connectivity index (χ1v) is 5.61. The van der Waals surface area contributed by atoms with Gasteiger partial charge in [0.2, 0.25) is 0 Å². The van der Waals surface area contributed by atoms with Crippen LogP contribution in [-0.2, 0) is 6.42 Å². The van der Waals surface area contributed by atoms with Crippen molar-refractivity contribution in [2.75, 3.05) is 0 Å². The summed E-state index contributed by atoms with van der Waals surface area (Å²) in [5.74, 6) is 0. The molecule has 1 rings (SSSR count). The lowest BCUT2D eigenvalue weighted by Crippen LogP contribution is -2.29. The number of hydrogen-bond acceptors (Lipinski definition) is 3. The van der Waals surface area contributed by atoms with Crippen molar-refractivity contribution >= 4 is 11.3 Å². The van der Waals surface area contributed by atoms with E-state index in [0.717, 1.165) is 23.5 Å². The van der Waals surface area contributed by atoms with Gasteiger partial charge in [-0.3, -0.25) is 0 Å². The third-order valence-corrected chi connectivity index (χ3v) is 3.32. The average Bonchev–Trinajstić information content (AvgIpc) is 2.51. The average molecular weight is 199 g/mol. The molecular formula is C10H17NOS.